The minimum absolute atomic E-state index is 0.164. The van der Waals surface area contributed by atoms with Crippen LogP contribution in [0.15, 0.2) is 36.8 Å². The summed E-state index contributed by atoms with van der Waals surface area (Å²) in [4.78, 5) is 14.6. The summed E-state index contributed by atoms with van der Waals surface area (Å²) >= 11 is 0. The lowest BCUT2D eigenvalue weighted by molar-refractivity contribution is -0.385. The maximum atomic E-state index is 10.9. The molecule has 2 N–H and O–H groups in total. The summed E-state index contributed by atoms with van der Waals surface area (Å²) < 4.78 is 1.89. The molecule has 0 aliphatic rings. The van der Waals surface area contributed by atoms with E-state index in [0.29, 0.717) is 19.5 Å². The van der Waals surface area contributed by atoms with Crippen LogP contribution >= 0.6 is 0 Å². The number of hydrogen-bond donors (Lipinski definition) is 1. The summed E-state index contributed by atoms with van der Waals surface area (Å²) in [5.74, 6) is 0. The maximum absolute atomic E-state index is 10.9. The Morgan fingerprint density at radius 2 is 2.17 bits per heavy atom. The molecule has 1 aromatic heterocycles. The van der Waals surface area contributed by atoms with Crippen molar-refractivity contribution in [1.82, 2.24) is 9.55 Å². The van der Waals surface area contributed by atoms with Gasteiger partial charge in [-0.15, -0.1) is 0 Å². The van der Waals surface area contributed by atoms with Gasteiger partial charge >= 0.3 is 0 Å². The molecule has 94 valence electrons. The van der Waals surface area contributed by atoms with Crippen LogP contribution in [0.3, 0.4) is 0 Å². The second kappa shape index (κ2) is 5.42. The first kappa shape index (κ1) is 12.3. The molecule has 0 fully saturated rings. The molecule has 18 heavy (non-hydrogen) atoms. The van der Waals surface area contributed by atoms with Gasteiger partial charge in [0.25, 0.3) is 5.69 Å². The van der Waals surface area contributed by atoms with Crippen LogP contribution in [0.1, 0.15) is 11.3 Å². The number of aryl methyl sites for hydroxylation is 2. The van der Waals surface area contributed by atoms with Crippen LogP contribution in [0.4, 0.5) is 5.69 Å². The molecule has 0 aliphatic carbocycles. The summed E-state index contributed by atoms with van der Waals surface area (Å²) in [7, 11) is 0. The lowest BCUT2D eigenvalue weighted by atomic mass is 10.1. The van der Waals surface area contributed by atoms with Gasteiger partial charge in [-0.1, -0.05) is 18.2 Å². The van der Waals surface area contributed by atoms with Gasteiger partial charge in [0.1, 0.15) is 0 Å². The SMILES string of the molecule is NCc1cn(CCc2ccccc2[N+](=O)[O-])cn1. The number of benzene rings is 1. The Balaban J connectivity index is 2.08. The molecule has 2 aromatic rings. The predicted octanol–water partition coefficient (Wildman–Crippen LogP) is 1.49. The van der Waals surface area contributed by atoms with Crippen molar-refractivity contribution in [3.8, 4) is 0 Å². The van der Waals surface area contributed by atoms with Gasteiger partial charge in [-0.2, -0.15) is 0 Å². The number of aromatic nitrogens is 2. The molecule has 0 radical (unpaired) electrons. The van der Waals surface area contributed by atoms with Gasteiger partial charge < -0.3 is 10.3 Å². The zero-order valence-electron chi connectivity index (χ0n) is 9.82. The third kappa shape index (κ3) is 2.72. The number of rotatable bonds is 5. The standard InChI is InChI=1S/C12H14N4O2/c13-7-11-8-15(9-14-11)6-5-10-3-1-2-4-12(10)16(17)18/h1-4,8-9H,5-7,13H2. The van der Waals surface area contributed by atoms with E-state index in [0.717, 1.165) is 11.3 Å². The fourth-order valence-electron chi connectivity index (χ4n) is 1.78. The molecule has 6 heteroatoms. The van der Waals surface area contributed by atoms with Crippen molar-refractivity contribution in [1.29, 1.82) is 0 Å². The topological polar surface area (TPSA) is 87.0 Å². The number of nitro benzene ring substituents is 1. The summed E-state index contributed by atoms with van der Waals surface area (Å²) in [6.07, 6.45) is 4.14. The van der Waals surface area contributed by atoms with Crippen molar-refractivity contribution in [3.05, 3.63) is 58.2 Å². The first-order chi connectivity index (χ1) is 8.70. The molecule has 1 aromatic carbocycles. The number of nitro groups is 1. The average molecular weight is 246 g/mol. The molecule has 0 saturated heterocycles. The molecule has 0 spiro atoms. The first-order valence-electron chi connectivity index (χ1n) is 5.63. The van der Waals surface area contributed by atoms with Crippen LogP contribution in [0.5, 0.6) is 0 Å². The Bertz CT molecular complexity index is 551. The van der Waals surface area contributed by atoms with Gasteiger partial charge in [-0.25, -0.2) is 4.98 Å². The van der Waals surface area contributed by atoms with Crippen LogP contribution in [0.25, 0.3) is 0 Å². The molecular formula is C12H14N4O2. The summed E-state index contributed by atoms with van der Waals surface area (Å²) in [5.41, 5.74) is 7.18. The van der Waals surface area contributed by atoms with Crippen molar-refractivity contribution in [2.45, 2.75) is 19.5 Å². The van der Waals surface area contributed by atoms with Crippen LogP contribution in [-0.2, 0) is 19.5 Å². The van der Waals surface area contributed by atoms with Crippen molar-refractivity contribution in [2.24, 2.45) is 5.73 Å². The largest absolute Gasteiger partial charge is 0.337 e. The van der Waals surface area contributed by atoms with E-state index < -0.39 is 0 Å². The van der Waals surface area contributed by atoms with Gasteiger partial charge in [-0.3, -0.25) is 10.1 Å². The summed E-state index contributed by atoms with van der Waals surface area (Å²) in [6.45, 7) is 1.05. The second-order valence-electron chi connectivity index (χ2n) is 3.94. The van der Waals surface area contributed by atoms with Gasteiger partial charge in [0.2, 0.25) is 0 Å². The summed E-state index contributed by atoms with van der Waals surface area (Å²) in [6, 6.07) is 6.78. The van der Waals surface area contributed by atoms with E-state index >= 15 is 0 Å². The molecule has 0 amide bonds. The smallest absolute Gasteiger partial charge is 0.272 e. The molecule has 0 aliphatic heterocycles. The van der Waals surface area contributed by atoms with Crippen LogP contribution in [0.2, 0.25) is 0 Å². The van der Waals surface area contributed by atoms with E-state index in [2.05, 4.69) is 4.98 Å². The highest BCUT2D eigenvalue weighted by Crippen LogP contribution is 2.18. The molecular weight excluding hydrogens is 232 g/mol. The zero-order chi connectivity index (χ0) is 13.0. The number of hydrogen-bond acceptors (Lipinski definition) is 4. The van der Waals surface area contributed by atoms with Crippen molar-refractivity contribution >= 4 is 5.69 Å². The van der Waals surface area contributed by atoms with Gasteiger partial charge in [0.05, 0.1) is 16.9 Å². The van der Waals surface area contributed by atoms with E-state index in [1.807, 2.05) is 16.8 Å². The van der Waals surface area contributed by atoms with Gasteiger partial charge in [0.15, 0.2) is 0 Å². The Kier molecular flexibility index (Phi) is 3.69. The Morgan fingerprint density at radius 1 is 1.39 bits per heavy atom. The average Bonchev–Trinajstić information content (AvgIpc) is 2.84. The first-order valence-corrected chi connectivity index (χ1v) is 5.63. The third-order valence-corrected chi connectivity index (χ3v) is 2.72. The predicted molar refractivity (Wildman–Crippen MR) is 66.9 cm³/mol. The van der Waals surface area contributed by atoms with E-state index in [1.165, 1.54) is 6.07 Å². The molecule has 0 bridgehead atoms. The normalized spacial score (nSPS) is 10.5. The number of imidazole rings is 1. The fraction of sp³-hybridized carbons (Fsp3) is 0.250. The van der Waals surface area contributed by atoms with Crippen LogP contribution < -0.4 is 5.73 Å². The molecule has 1 heterocycles. The fourth-order valence-corrected chi connectivity index (χ4v) is 1.78. The minimum atomic E-state index is -0.353. The zero-order valence-corrected chi connectivity index (χ0v) is 9.82. The Morgan fingerprint density at radius 3 is 2.83 bits per heavy atom. The van der Waals surface area contributed by atoms with Crippen molar-refractivity contribution in [2.75, 3.05) is 0 Å². The quantitative estimate of drug-likeness (QED) is 0.639. The van der Waals surface area contributed by atoms with E-state index in [-0.39, 0.29) is 10.6 Å². The van der Waals surface area contributed by atoms with Crippen LogP contribution in [0, 0.1) is 10.1 Å². The molecule has 0 unspecified atom stereocenters. The highest BCUT2D eigenvalue weighted by Gasteiger charge is 2.11. The van der Waals surface area contributed by atoms with Crippen molar-refractivity contribution < 1.29 is 4.92 Å². The maximum Gasteiger partial charge on any atom is 0.272 e. The highest BCUT2D eigenvalue weighted by molar-refractivity contribution is 5.39. The van der Waals surface area contributed by atoms with E-state index in [1.54, 1.807) is 18.5 Å². The molecule has 0 atom stereocenters. The van der Waals surface area contributed by atoms with E-state index in [4.69, 9.17) is 5.73 Å². The lowest BCUT2D eigenvalue weighted by Gasteiger charge is -2.03. The number of nitrogens with two attached hydrogens (primary N) is 1. The van der Waals surface area contributed by atoms with Gasteiger partial charge in [-0.05, 0) is 6.42 Å². The lowest BCUT2D eigenvalue weighted by Crippen LogP contribution is -2.02. The van der Waals surface area contributed by atoms with Crippen molar-refractivity contribution in [3.63, 3.8) is 0 Å². The van der Waals surface area contributed by atoms with Gasteiger partial charge in [0, 0.05) is 30.9 Å². The Hall–Kier alpha value is -2.21. The monoisotopic (exact) mass is 246 g/mol. The minimum Gasteiger partial charge on any atom is -0.337 e. The van der Waals surface area contributed by atoms with Crippen LogP contribution in [-0.4, -0.2) is 14.5 Å². The van der Waals surface area contributed by atoms with E-state index in [9.17, 15) is 10.1 Å². The number of nitrogens with zero attached hydrogens (tertiary/aromatic N) is 3. The highest BCUT2D eigenvalue weighted by atomic mass is 16.6. The third-order valence-electron chi connectivity index (χ3n) is 2.72. The molecule has 6 nitrogen and oxygen atoms in total. The summed E-state index contributed by atoms with van der Waals surface area (Å²) in [5, 5.41) is 10.9. The molecule has 2 rings (SSSR count). The number of para-hydroxylation sites is 1. The Labute approximate surface area is 104 Å². The molecule has 0 saturated carbocycles. The second-order valence-corrected chi connectivity index (χ2v) is 3.94.